The number of nitrogens with zero attached hydrogens (tertiary/aromatic N) is 1. The summed E-state index contributed by atoms with van der Waals surface area (Å²) in [6.45, 7) is 10.5. The van der Waals surface area contributed by atoms with E-state index in [4.69, 9.17) is 0 Å². The molecule has 46 valence electrons. The van der Waals surface area contributed by atoms with Crippen molar-refractivity contribution in [1.82, 2.24) is 0 Å². The molecule has 0 atom stereocenters. The van der Waals surface area contributed by atoms with Gasteiger partial charge in [-0.15, -0.1) is 0 Å². The van der Waals surface area contributed by atoms with Gasteiger partial charge in [-0.25, -0.2) is 0 Å². The molecule has 0 aromatic carbocycles. The van der Waals surface area contributed by atoms with E-state index in [1.165, 1.54) is 30.7 Å². The molecule has 0 saturated carbocycles. The molecule has 0 spiro atoms. The average Bonchev–Trinajstić information content (AvgIpc) is 1.55. The van der Waals surface area contributed by atoms with Gasteiger partial charge in [-0.2, -0.15) is 0 Å². The highest BCUT2D eigenvalue weighted by Gasteiger charge is 2.66. The Morgan fingerprint density at radius 3 is 2.00 bits per heavy atom. The third-order valence-electron chi connectivity index (χ3n) is 2.82. The molecule has 3 rings (SSSR count). The minimum absolute atomic E-state index is 0.802. The summed E-state index contributed by atoms with van der Waals surface area (Å²) in [6, 6.07) is 0. The van der Waals surface area contributed by atoms with Gasteiger partial charge >= 0.3 is 0 Å². The van der Waals surface area contributed by atoms with Crippen LogP contribution in [0.15, 0.2) is 0 Å². The van der Waals surface area contributed by atoms with Crippen molar-refractivity contribution in [2.75, 3.05) is 26.2 Å². The van der Waals surface area contributed by atoms with Gasteiger partial charge in [0.15, 0.2) is 0 Å². The Balaban J connectivity index is 2.04. The zero-order chi connectivity index (χ0) is 5.83. The van der Waals surface area contributed by atoms with Crippen molar-refractivity contribution in [1.29, 1.82) is 0 Å². The Kier molecular flexibility index (Phi) is 0.583. The maximum Gasteiger partial charge on any atom is 0.114 e. The SMILES string of the molecule is CC[N+]12CC(C)(C1)C2. The van der Waals surface area contributed by atoms with E-state index in [-0.39, 0.29) is 0 Å². The lowest BCUT2D eigenvalue weighted by atomic mass is 9.67. The van der Waals surface area contributed by atoms with Crippen LogP contribution in [0.5, 0.6) is 0 Å². The van der Waals surface area contributed by atoms with Crippen LogP contribution >= 0.6 is 0 Å². The van der Waals surface area contributed by atoms with Gasteiger partial charge in [0.25, 0.3) is 0 Å². The van der Waals surface area contributed by atoms with E-state index in [9.17, 15) is 0 Å². The van der Waals surface area contributed by atoms with Crippen molar-refractivity contribution >= 4 is 0 Å². The molecule has 2 bridgehead atoms. The number of quaternary nitrogens is 1. The van der Waals surface area contributed by atoms with Crippen molar-refractivity contribution in [3.05, 3.63) is 0 Å². The van der Waals surface area contributed by atoms with Crippen LogP contribution in [0.25, 0.3) is 0 Å². The fourth-order valence-electron chi connectivity index (χ4n) is 2.63. The molecule has 3 fully saturated rings. The molecular weight excluding hydrogens is 98.1 g/mol. The molecule has 8 heavy (non-hydrogen) atoms. The first kappa shape index (κ1) is 4.80. The molecule has 3 saturated heterocycles. The Hall–Kier alpha value is -0.0400. The van der Waals surface area contributed by atoms with E-state index in [0.29, 0.717) is 0 Å². The van der Waals surface area contributed by atoms with E-state index in [1.807, 2.05) is 0 Å². The number of rotatable bonds is 1. The lowest BCUT2D eigenvalue weighted by Crippen LogP contribution is -2.84. The Labute approximate surface area is 50.9 Å². The second-order valence-corrected chi connectivity index (χ2v) is 3.94. The average molecular weight is 112 g/mol. The zero-order valence-electron chi connectivity index (χ0n) is 5.78. The van der Waals surface area contributed by atoms with E-state index in [2.05, 4.69) is 13.8 Å². The molecular formula is C7H14N+. The highest BCUT2D eigenvalue weighted by molar-refractivity contribution is 4.93. The third kappa shape index (κ3) is 0.334. The fourth-order valence-corrected chi connectivity index (χ4v) is 2.63. The van der Waals surface area contributed by atoms with Crippen LogP contribution in [0.1, 0.15) is 13.8 Å². The highest BCUT2D eigenvalue weighted by atomic mass is 15.5. The van der Waals surface area contributed by atoms with Gasteiger partial charge in [0.1, 0.15) is 5.41 Å². The first-order valence-corrected chi connectivity index (χ1v) is 3.53. The van der Waals surface area contributed by atoms with Crippen molar-refractivity contribution in [2.24, 2.45) is 5.41 Å². The summed E-state index contributed by atoms with van der Waals surface area (Å²) in [5.41, 5.74) is 0.802. The van der Waals surface area contributed by atoms with Gasteiger partial charge in [-0.1, -0.05) is 0 Å². The Bertz CT molecular complexity index is 109. The van der Waals surface area contributed by atoms with Gasteiger partial charge < -0.3 is 4.48 Å². The zero-order valence-corrected chi connectivity index (χ0v) is 5.78. The monoisotopic (exact) mass is 112 g/mol. The van der Waals surface area contributed by atoms with Crippen LogP contribution in [0.2, 0.25) is 0 Å². The van der Waals surface area contributed by atoms with Gasteiger partial charge in [-0.05, 0) is 13.8 Å². The van der Waals surface area contributed by atoms with Crippen LogP contribution in [0, 0.1) is 5.41 Å². The van der Waals surface area contributed by atoms with E-state index < -0.39 is 0 Å². The Morgan fingerprint density at radius 1 is 1.38 bits per heavy atom. The van der Waals surface area contributed by atoms with Crippen LogP contribution in [-0.2, 0) is 0 Å². The largest absolute Gasteiger partial charge is 0.321 e. The molecule has 0 radical (unpaired) electrons. The van der Waals surface area contributed by atoms with Crippen LogP contribution in [0.3, 0.4) is 0 Å². The molecule has 3 heterocycles. The summed E-state index contributed by atoms with van der Waals surface area (Å²) in [6.07, 6.45) is 0. The summed E-state index contributed by atoms with van der Waals surface area (Å²) >= 11 is 0. The molecule has 1 nitrogen and oxygen atoms in total. The van der Waals surface area contributed by atoms with Crippen LogP contribution < -0.4 is 0 Å². The maximum absolute atomic E-state index is 2.41. The second kappa shape index (κ2) is 0.971. The summed E-state index contributed by atoms with van der Waals surface area (Å²) in [7, 11) is 0. The molecule has 0 aromatic heterocycles. The lowest BCUT2D eigenvalue weighted by Gasteiger charge is -2.68. The molecule has 1 heteroatoms. The second-order valence-electron chi connectivity index (χ2n) is 3.94. The topological polar surface area (TPSA) is 0 Å². The van der Waals surface area contributed by atoms with Gasteiger partial charge in [0.05, 0.1) is 26.2 Å². The molecule has 3 aliphatic heterocycles. The molecule has 0 aliphatic carbocycles. The van der Waals surface area contributed by atoms with Crippen molar-refractivity contribution < 1.29 is 4.48 Å². The predicted octanol–water partition coefficient (Wildman–Crippen LogP) is 0.857. The minimum atomic E-state index is 0.802. The van der Waals surface area contributed by atoms with E-state index >= 15 is 0 Å². The predicted molar refractivity (Wildman–Crippen MR) is 33.5 cm³/mol. The van der Waals surface area contributed by atoms with Gasteiger partial charge in [0, 0.05) is 0 Å². The van der Waals surface area contributed by atoms with Gasteiger partial charge in [0.2, 0.25) is 0 Å². The first-order chi connectivity index (χ1) is 3.68. The fraction of sp³-hybridized carbons (Fsp3) is 1.00. The normalized spacial score (nSPS) is 59.2. The quantitative estimate of drug-likeness (QED) is 0.441. The summed E-state index contributed by atoms with van der Waals surface area (Å²) < 4.78 is 1.44. The van der Waals surface area contributed by atoms with E-state index in [1.54, 1.807) is 0 Å². The molecule has 3 aliphatic rings. The summed E-state index contributed by atoms with van der Waals surface area (Å²) in [5.74, 6) is 0. The van der Waals surface area contributed by atoms with Crippen molar-refractivity contribution in [3.63, 3.8) is 0 Å². The minimum Gasteiger partial charge on any atom is -0.321 e. The van der Waals surface area contributed by atoms with E-state index in [0.717, 1.165) is 5.41 Å². The Morgan fingerprint density at radius 2 is 1.88 bits per heavy atom. The molecule has 0 amide bonds. The van der Waals surface area contributed by atoms with Crippen LogP contribution in [-0.4, -0.2) is 30.7 Å². The summed E-state index contributed by atoms with van der Waals surface area (Å²) in [4.78, 5) is 0. The van der Waals surface area contributed by atoms with Crippen molar-refractivity contribution in [3.8, 4) is 0 Å². The maximum atomic E-state index is 2.41. The van der Waals surface area contributed by atoms with Gasteiger partial charge in [-0.3, -0.25) is 0 Å². The first-order valence-electron chi connectivity index (χ1n) is 3.53. The third-order valence-corrected chi connectivity index (χ3v) is 2.82. The standard InChI is InChI=1S/C7H14N/c1-3-8-4-7(2,5-8)6-8/h3-6H2,1-2H3/q+1. The molecule has 0 aromatic rings. The van der Waals surface area contributed by atoms with Crippen LogP contribution in [0.4, 0.5) is 0 Å². The summed E-state index contributed by atoms with van der Waals surface area (Å²) in [5, 5.41) is 0. The lowest BCUT2D eigenvalue weighted by molar-refractivity contribution is -1.06. The molecule has 0 N–H and O–H groups in total. The number of hydrogen-bond acceptors (Lipinski definition) is 0. The number of hydrogen-bond donors (Lipinski definition) is 0. The molecule has 0 unspecified atom stereocenters. The smallest absolute Gasteiger partial charge is 0.114 e. The van der Waals surface area contributed by atoms with Crippen molar-refractivity contribution in [2.45, 2.75) is 13.8 Å². The highest BCUT2D eigenvalue weighted by Crippen LogP contribution is 2.50.